The summed E-state index contributed by atoms with van der Waals surface area (Å²) >= 11 is 0. The fourth-order valence-corrected chi connectivity index (χ4v) is 1.69. The van der Waals surface area contributed by atoms with Gasteiger partial charge in [0.15, 0.2) is 0 Å². The molecule has 1 aromatic carbocycles. The van der Waals surface area contributed by atoms with E-state index in [0.29, 0.717) is 12.0 Å². The van der Waals surface area contributed by atoms with Crippen molar-refractivity contribution in [3.05, 3.63) is 29.1 Å². The van der Waals surface area contributed by atoms with E-state index in [1.807, 2.05) is 0 Å². The van der Waals surface area contributed by atoms with Gasteiger partial charge in [-0.3, -0.25) is 0 Å². The molecule has 1 aliphatic carbocycles. The van der Waals surface area contributed by atoms with Crippen LogP contribution in [0.1, 0.15) is 23.6 Å². The number of hydrogen-bond acceptors (Lipinski definition) is 2. The Balaban J connectivity index is 2.60. The maximum atomic E-state index is 13.1. The molecule has 1 atom stereocenters. The van der Waals surface area contributed by atoms with Crippen molar-refractivity contribution in [2.75, 3.05) is 0 Å². The molecule has 0 saturated carbocycles. The van der Waals surface area contributed by atoms with E-state index in [0.717, 1.165) is 18.1 Å². The molecule has 3 N–H and O–H groups in total. The number of hydrogen-bond donors (Lipinski definition) is 2. The third-order valence-corrected chi connectivity index (χ3v) is 2.32. The van der Waals surface area contributed by atoms with E-state index in [1.165, 1.54) is 0 Å². The Labute approximate surface area is 69.8 Å². The maximum Gasteiger partial charge on any atom is 0.130 e. The minimum absolute atomic E-state index is 0.0383. The van der Waals surface area contributed by atoms with Crippen LogP contribution in [0.5, 0.6) is 5.75 Å². The summed E-state index contributed by atoms with van der Waals surface area (Å²) in [6, 6.07) is 2.58. The van der Waals surface area contributed by atoms with Crippen LogP contribution in [0.2, 0.25) is 0 Å². The van der Waals surface area contributed by atoms with Gasteiger partial charge in [-0.1, -0.05) is 0 Å². The van der Waals surface area contributed by atoms with Gasteiger partial charge in [0.25, 0.3) is 0 Å². The average Bonchev–Trinajstić information content (AvgIpc) is 2.33. The van der Waals surface area contributed by atoms with Crippen LogP contribution in [-0.2, 0) is 6.42 Å². The molecule has 0 aromatic heterocycles. The van der Waals surface area contributed by atoms with Crippen molar-refractivity contribution in [2.24, 2.45) is 5.73 Å². The molecular weight excluding hydrogens is 157 g/mol. The highest BCUT2D eigenvalue weighted by molar-refractivity contribution is 5.41. The van der Waals surface area contributed by atoms with E-state index in [9.17, 15) is 4.39 Å². The molecule has 2 nitrogen and oxygen atoms in total. The lowest BCUT2D eigenvalue weighted by molar-refractivity contribution is 0.467. The van der Waals surface area contributed by atoms with Crippen molar-refractivity contribution in [3.63, 3.8) is 0 Å². The molecule has 64 valence electrons. The largest absolute Gasteiger partial charge is 0.508 e. The van der Waals surface area contributed by atoms with Gasteiger partial charge < -0.3 is 10.8 Å². The second kappa shape index (κ2) is 2.45. The Morgan fingerprint density at radius 3 is 3.00 bits per heavy atom. The predicted octanol–water partition coefficient (Wildman–Crippen LogP) is 1.48. The number of phenols is 1. The predicted molar refractivity (Wildman–Crippen MR) is 43.3 cm³/mol. The van der Waals surface area contributed by atoms with E-state index in [-0.39, 0.29) is 17.6 Å². The molecule has 2 rings (SSSR count). The second-order valence-corrected chi connectivity index (χ2v) is 3.14. The highest BCUT2D eigenvalue weighted by Gasteiger charge is 2.22. The van der Waals surface area contributed by atoms with E-state index >= 15 is 0 Å². The van der Waals surface area contributed by atoms with Crippen LogP contribution in [0.15, 0.2) is 12.1 Å². The molecule has 1 aromatic rings. The zero-order chi connectivity index (χ0) is 8.72. The minimum atomic E-state index is -0.335. The third kappa shape index (κ3) is 0.975. The van der Waals surface area contributed by atoms with Crippen LogP contribution in [0.25, 0.3) is 0 Å². The molecule has 0 heterocycles. The van der Waals surface area contributed by atoms with Gasteiger partial charge >= 0.3 is 0 Å². The van der Waals surface area contributed by atoms with Crippen molar-refractivity contribution in [3.8, 4) is 5.75 Å². The quantitative estimate of drug-likeness (QED) is 0.614. The Bertz CT molecular complexity index is 325. The van der Waals surface area contributed by atoms with Gasteiger partial charge in [-0.25, -0.2) is 4.39 Å². The molecule has 0 spiro atoms. The maximum absolute atomic E-state index is 13.1. The molecule has 12 heavy (non-hydrogen) atoms. The Morgan fingerprint density at radius 2 is 2.25 bits per heavy atom. The molecule has 3 heteroatoms. The highest BCUT2D eigenvalue weighted by atomic mass is 19.1. The Morgan fingerprint density at radius 1 is 1.50 bits per heavy atom. The van der Waals surface area contributed by atoms with Crippen LogP contribution >= 0.6 is 0 Å². The first-order chi connectivity index (χ1) is 5.68. The summed E-state index contributed by atoms with van der Waals surface area (Å²) in [6.45, 7) is 0. The summed E-state index contributed by atoms with van der Waals surface area (Å²) in [5.74, 6) is -0.374. The SMILES string of the molecule is NC1CCc2c(F)cc(O)cc21. The minimum Gasteiger partial charge on any atom is -0.508 e. The zero-order valence-corrected chi connectivity index (χ0v) is 6.55. The zero-order valence-electron chi connectivity index (χ0n) is 6.55. The summed E-state index contributed by atoms with van der Waals surface area (Å²) in [5.41, 5.74) is 7.13. The van der Waals surface area contributed by atoms with Crippen molar-refractivity contribution >= 4 is 0 Å². The van der Waals surface area contributed by atoms with Crippen LogP contribution in [-0.4, -0.2) is 5.11 Å². The van der Waals surface area contributed by atoms with Gasteiger partial charge in [0.2, 0.25) is 0 Å². The van der Waals surface area contributed by atoms with Crippen molar-refractivity contribution in [2.45, 2.75) is 18.9 Å². The molecule has 1 aliphatic rings. The molecule has 1 unspecified atom stereocenters. The van der Waals surface area contributed by atoms with Crippen molar-refractivity contribution < 1.29 is 9.50 Å². The van der Waals surface area contributed by atoms with E-state index < -0.39 is 0 Å². The van der Waals surface area contributed by atoms with Crippen LogP contribution < -0.4 is 5.73 Å². The van der Waals surface area contributed by atoms with Gasteiger partial charge in [0.1, 0.15) is 11.6 Å². The standard InChI is InChI=1S/C9H10FNO/c10-8-4-5(12)3-7-6(8)1-2-9(7)11/h3-4,9,12H,1-2,11H2. The van der Waals surface area contributed by atoms with Gasteiger partial charge in [-0.05, 0) is 30.0 Å². The number of rotatable bonds is 0. The van der Waals surface area contributed by atoms with Crippen LogP contribution in [0.4, 0.5) is 4.39 Å². The number of nitrogens with two attached hydrogens (primary N) is 1. The molecule has 0 aliphatic heterocycles. The molecule has 0 radical (unpaired) electrons. The van der Waals surface area contributed by atoms with Crippen LogP contribution in [0.3, 0.4) is 0 Å². The van der Waals surface area contributed by atoms with Gasteiger partial charge in [0, 0.05) is 12.1 Å². The number of fused-ring (bicyclic) bond motifs is 1. The fraction of sp³-hybridized carbons (Fsp3) is 0.333. The Kier molecular flexibility index (Phi) is 1.54. The summed E-state index contributed by atoms with van der Waals surface area (Å²) in [5, 5.41) is 9.10. The van der Waals surface area contributed by atoms with E-state index in [2.05, 4.69) is 0 Å². The summed E-state index contributed by atoms with van der Waals surface area (Å²) < 4.78 is 13.1. The number of halogens is 1. The first-order valence-corrected chi connectivity index (χ1v) is 3.95. The smallest absolute Gasteiger partial charge is 0.130 e. The van der Waals surface area contributed by atoms with Crippen molar-refractivity contribution in [1.29, 1.82) is 0 Å². The lowest BCUT2D eigenvalue weighted by Crippen LogP contribution is -2.05. The van der Waals surface area contributed by atoms with Crippen LogP contribution in [0, 0.1) is 5.82 Å². The lowest BCUT2D eigenvalue weighted by atomic mass is 10.1. The topological polar surface area (TPSA) is 46.2 Å². The Hall–Kier alpha value is -1.09. The average molecular weight is 167 g/mol. The van der Waals surface area contributed by atoms with E-state index in [1.54, 1.807) is 6.07 Å². The van der Waals surface area contributed by atoms with Gasteiger partial charge in [-0.15, -0.1) is 0 Å². The second-order valence-electron chi connectivity index (χ2n) is 3.14. The lowest BCUT2D eigenvalue weighted by Gasteiger charge is -2.05. The normalized spacial score (nSPS) is 21.0. The number of phenolic OH excluding ortho intramolecular Hbond substituents is 1. The molecular formula is C9H10FNO. The summed E-state index contributed by atoms with van der Waals surface area (Å²) in [7, 11) is 0. The van der Waals surface area contributed by atoms with Gasteiger partial charge in [-0.2, -0.15) is 0 Å². The summed E-state index contributed by atoms with van der Waals surface area (Å²) in [6.07, 6.45) is 1.46. The van der Waals surface area contributed by atoms with Gasteiger partial charge in [0.05, 0.1) is 0 Å². The number of benzene rings is 1. The van der Waals surface area contributed by atoms with Crippen molar-refractivity contribution in [1.82, 2.24) is 0 Å². The fourth-order valence-electron chi connectivity index (χ4n) is 1.69. The first kappa shape index (κ1) is 7.55. The number of aromatic hydroxyl groups is 1. The molecule has 0 bridgehead atoms. The third-order valence-electron chi connectivity index (χ3n) is 2.32. The molecule has 0 fully saturated rings. The highest BCUT2D eigenvalue weighted by Crippen LogP contribution is 2.33. The molecule has 0 amide bonds. The first-order valence-electron chi connectivity index (χ1n) is 3.95. The summed E-state index contributed by atoms with van der Waals surface area (Å²) in [4.78, 5) is 0. The monoisotopic (exact) mass is 167 g/mol. The molecule has 0 saturated heterocycles. The van der Waals surface area contributed by atoms with E-state index in [4.69, 9.17) is 10.8 Å².